The Balaban J connectivity index is 1.95. The van der Waals surface area contributed by atoms with Crippen LogP contribution in [0.1, 0.15) is 38.7 Å². The SMILES string of the molecule is COC(=O)c1cc(COC(=O)c2ccc(NC(=O)CC#N)cc2)oc1C. The quantitative estimate of drug-likeness (QED) is 0.790. The monoisotopic (exact) mass is 356 g/mol. The third-order valence-electron chi connectivity index (χ3n) is 3.36. The highest BCUT2D eigenvalue weighted by molar-refractivity contribution is 5.94. The second-order valence-corrected chi connectivity index (χ2v) is 5.21. The Hall–Kier alpha value is -3.60. The number of carbonyl (C=O) groups excluding carboxylic acids is 3. The number of hydrogen-bond donors (Lipinski definition) is 1. The number of nitrogens with zero attached hydrogens (tertiary/aromatic N) is 1. The predicted octanol–water partition coefficient (Wildman–Crippen LogP) is 2.58. The molecule has 8 heteroatoms. The molecule has 0 spiro atoms. The number of benzene rings is 1. The molecule has 0 saturated carbocycles. The predicted molar refractivity (Wildman–Crippen MR) is 89.2 cm³/mol. The zero-order valence-corrected chi connectivity index (χ0v) is 14.2. The number of aryl methyl sites for hydroxylation is 1. The molecular weight excluding hydrogens is 340 g/mol. The van der Waals surface area contributed by atoms with E-state index in [1.165, 1.54) is 37.4 Å². The van der Waals surface area contributed by atoms with Crippen molar-refractivity contribution < 1.29 is 28.3 Å². The zero-order chi connectivity index (χ0) is 19.1. The number of rotatable bonds is 6. The minimum atomic E-state index is -0.589. The molecule has 26 heavy (non-hydrogen) atoms. The first-order valence-corrected chi connectivity index (χ1v) is 7.56. The van der Waals surface area contributed by atoms with E-state index in [9.17, 15) is 14.4 Å². The second kappa shape index (κ2) is 8.48. The molecule has 2 rings (SSSR count). The van der Waals surface area contributed by atoms with Crippen molar-refractivity contribution in [1.82, 2.24) is 0 Å². The van der Waals surface area contributed by atoms with Crippen LogP contribution in [-0.4, -0.2) is 25.0 Å². The van der Waals surface area contributed by atoms with Gasteiger partial charge in [0.1, 0.15) is 30.1 Å². The summed E-state index contributed by atoms with van der Waals surface area (Å²) in [6.07, 6.45) is -0.250. The van der Waals surface area contributed by atoms with Gasteiger partial charge in [0.25, 0.3) is 0 Å². The Morgan fingerprint density at radius 1 is 1.19 bits per heavy atom. The Morgan fingerprint density at radius 2 is 1.88 bits per heavy atom. The van der Waals surface area contributed by atoms with Gasteiger partial charge in [0.05, 0.1) is 18.7 Å². The molecule has 1 N–H and O–H groups in total. The van der Waals surface area contributed by atoms with Crippen LogP contribution in [0, 0.1) is 18.3 Å². The second-order valence-electron chi connectivity index (χ2n) is 5.21. The van der Waals surface area contributed by atoms with Crippen molar-refractivity contribution in [3.8, 4) is 6.07 Å². The first-order chi connectivity index (χ1) is 12.4. The van der Waals surface area contributed by atoms with Gasteiger partial charge in [0.2, 0.25) is 5.91 Å². The minimum absolute atomic E-state index is 0.142. The van der Waals surface area contributed by atoms with Crippen LogP contribution in [0.15, 0.2) is 34.7 Å². The van der Waals surface area contributed by atoms with Crippen molar-refractivity contribution in [2.45, 2.75) is 20.0 Å². The molecule has 8 nitrogen and oxygen atoms in total. The maximum Gasteiger partial charge on any atom is 0.341 e. The highest BCUT2D eigenvalue weighted by atomic mass is 16.5. The summed E-state index contributed by atoms with van der Waals surface area (Å²) in [6, 6.07) is 9.22. The Kier molecular flexibility index (Phi) is 6.11. The average Bonchev–Trinajstić information content (AvgIpc) is 3.00. The van der Waals surface area contributed by atoms with E-state index in [0.717, 1.165) is 0 Å². The Morgan fingerprint density at radius 3 is 2.50 bits per heavy atom. The van der Waals surface area contributed by atoms with Gasteiger partial charge in [-0.1, -0.05) is 0 Å². The van der Waals surface area contributed by atoms with Gasteiger partial charge in [-0.05, 0) is 37.3 Å². The van der Waals surface area contributed by atoms with Crippen LogP contribution in [-0.2, 0) is 20.9 Å². The zero-order valence-electron chi connectivity index (χ0n) is 14.2. The molecule has 0 fully saturated rings. The van der Waals surface area contributed by atoms with Gasteiger partial charge in [-0.3, -0.25) is 4.79 Å². The van der Waals surface area contributed by atoms with E-state index < -0.39 is 17.8 Å². The largest absolute Gasteiger partial charge is 0.465 e. The number of amides is 1. The van der Waals surface area contributed by atoms with Crippen LogP contribution < -0.4 is 5.32 Å². The van der Waals surface area contributed by atoms with Crippen molar-refractivity contribution in [3.63, 3.8) is 0 Å². The molecule has 0 saturated heterocycles. The topological polar surface area (TPSA) is 119 Å². The number of furan rings is 1. The average molecular weight is 356 g/mol. The van der Waals surface area contributed by atoms with Gasteiger partial charge in [-0.2, -0.15) is 5.26 Å². The fraction of sp³-hybridized carbons (Fsp3) is 0.222. The number of methoxy groups -OCH3 is 1. The van der Waals surface area contributed by atoms with E-state index in [1.54, 1.807) is 13.0 Å². The molecule has 1 amide bonds. The number of carbonyl (C=O) groups is 3. The lowest BCUT2D eigenvalue weighted by Gasteiger charge is -2.05. The molecule has 0 radical (unpaired) electrons. The summed E-state index contributed by atoms with van der Waals surface area (Å²) in [5.74, 6) is -0.860. The summed E-state index contributed by atoms with van der Waals surface area (Å²) in [5.41, 5.74) is 1.02. The van der Waals surface area contributed by atoms with Gasteiger partial charge in [-0.25, -0.2) is 9.59 Å². The molecule has 0 atom stereocenters. The number of anilines is 1. The van der Waals surface area contributed by atoms with Crippen LogP contribution in [0.3, 0.4) is 0 Å². The first kappa shape index (κ1) is 18.7. The van der Waals surface area contributed by atoms with E-state index in [2.05, 4.69) is 10.1 Å². The van der Waals surface area contributed by atoms with E-state index in [4.69, 9.17) is 14.4 Å². The number of nitrogens with one attached hydrogen (secondary N) is 1. The standard InChI is InChI=1S/C18H16N2O6/c1-11-15(18(23)24-2)9-14(26-11)10-25-17(22)12-3-5-13(6-4-12)20-16(21)7-8-19/h3-6,9H,7,10H2,1-2H3,(H,20,21). The van der Waals surface area contributed by atoms with Crippen molar-refractivity contribution in [2.24, 2.45) is 0 Å². The summed E-state index contributed by atoms with van der Waals surface area (Å²) in [7, 11) is 1.26. The molecule has 1 heterocycles. The van der Waals surface area contributed by atoms with Crippen LogP contribution >= 0.6 is 0 Å². The highest BCUT2D eigenvalue weighted by Crippen LogP contribution is 2.17. The molecule has 0 unspecified atom stereocenters. The molecule has 0 aliphatic rings. The lowest BCUT2D eigenvalue weighted by molar-refractivity contribution is -0.115. The molecular formula is C18H16N2O6. The number of esters is 2. The van der Waals surface area contributed by atoms with Crippen molar-refractivity contribution in [2.75, 3.05) is 12.4 Å². The molecule has 0 aliphatic carbocycles. The number of nitriles is 1. The van der Waals surface area contributed by atoms with Gasteiger partial charge in [0, 0.05) is 5.69 Å². The summed E-state index contributed by atoms with van der Waals surface area (Å²) in [6.45, 7) is 1.47. The first-order valence-electron chi connectivity index (χ1n) is 7.56. The Labute approximate surface area is 149 Å². The molecule has 134 valence electrons. The summed E-state index contributed by atoms with van der Waals surface area (Å²) < 4.78 is 15.1. The lowest BCUT2D eigenvalue weighted by atomic mass is 10.2. The van der Waals surface area contributed by atoms with E-state index >= 15 is 0 Å². The molecule has 0 bridgehead atoms. The third kappa shape index (κ3) is 4.70. The van der Waals surface area contributed by atoms with Gasteiger partial charge >= 0.3 is 11.9 Å². The summed E-state index contributed by atoms with van der Waals surface area (Å²) >= 11 is 0. The number of ether oxygens (including phenoxy) is 2. The maximum absolute atomic E-state index is 12.0. The van der Waals surface area contributed by atoms with Gasteiger partial charge in [0.15, 0.2) is 0 Å². The molecule has 1 aromatic carbocycles. The summed E-state index contributed by atoms with van der Waals surface area (Å²) in [4.78, 5) is 34.9. The molecule has 2 aromatic rings. The van der Waals surface area contributed by atoms with E-state index in [1.807, 2.05) is 0 Å². The van der Waals surface area contributed by atoms with E-state index in [-0.39, 0.29) is 24.2 Å². The maximum atomic E-state index is 12.0. The fourth-order valence-corrected chi connectivity index (χ4v) is 2.11. The van der Waals surface area contributed by atoms with Crippen LogP contribution in [0.5, 0.6) is 0 Å². The lowest BCUT2D eigenvalue weighted by Crippen LogP contribution is -2.10. The van der Waals surface area contributed by atoms with E-state index in [0.29, 0.717) is 17.2 Å². The van der Waals surface area contributed by atoms with Gasteiger partial charge in [-0.15, -0.1) is 0 Å². The smallest absolute Gasteiger partial charge is 0.341 e. The highest BCUT2D eigenvalue weighted by Gasteiger charge is 2.16. The van der Waals surface area contributed by atoms with Crippen molar-refractivity contribution >= 4 is 23.5 Å². The van der Waals surface area contributed by atoms with Crippen LogP contribution in [0.25, 0.3) is 0 Å². The molecule has 0 aliphatic heterocycles. The molecule has 1 aromatic heterocycles. The van der Waals surface area contributed by atoms with Crippen LogP contribution in [0.4, 0.5) is 5.69 Å². The normalized spacial score (nSPS) is 9.88. The van der Waals surface area contributed by atoms with Crippen molar-refractivity contribution in [1.29, 1.82) is 5.26 Å². The third-order valence-corrected chi connectivity index (χ3v) is 3.36. The van der Waals surface area contributed by atoms with Crippen LogP contribution in [0.2, 0.25) is 0 Å². The van der Waals surface area contributed by atoms with Gasteiger partial charge < -0.3 is 19.2 Å². The fourth-order valence-electron chi connectivity index (χ4n) is 2.11. The summed E-state index contributed by atoms with van der Waals surface area (Å²) in [5, 5.41) is 11.0. The Bertz CT molecular complexity index is 861. The van der Waals surface area contributed by atoms with Crippen molar-refractivity contribution in [3.05, 3.63) is 53.0 Å². The minimum Gasteiger partial charge on any atom is -0.465 e. The number of hydrogen-bond acceptors (Lipinski definition) is 7.